The first-order valence-electron chi connectivity index (χ1n) is 3.62. The number of hydrogen-bond acceptors (Lipinski definition) is 3. The summed E-state index contributed by atoms with van der Waals surface area (Å²) in [7, 11) is 4.50. The highest BCUT2D eigenvalue weighted by Gasteiger charge is 1.97. The van der Waals surface area contributed by atoms with Gasteiger partial charge in [0.1, 0.15) is 10.3 Å². The molecule has 0 saturated carbocycles. The molecule has 0 N–H and O–H groups in total. The maximum Gasteiger partial charge on any atom is 0.143 e. The normalized spacial score (nSPS) is 9.17. The highest BCUT2D eigenvalue weighted by atomic mass is 32.1. The molecule has 4 heteroatoms. The van der Waals surface area contributed by atoms with Crippen LogP contribution in [-0.4, -0.2) is 17.8 Å². The summed E-state index contributed by atoms with van der Waals surface area (Å²) in [4.78, 5) is 9.46. The van der Waals surface area contributed by atoms with E-state index in [9.17, 15) is 0 Å². The van der Waals surface area contributed by atoms with E-state index in [4.69, 9.17) is 0 Å². The molecule has 2 rings (SSSR count). The van der Waals surface area contributed by atoms with Crippen molar-refractivity contribution in [2.45, 2.75) is 13.7 Å². The first-order chi connectivity index (χ1) is 5.86. The molecule has 0 fully saturated rings. The lowest BCUT2D eigenvalue weighted by molar-refractivity contribution is 1.33. The summed E-state index contributed by atoms with van der Waals surface area (Å²) in [6.07, 6.45) is 1.79. The van der Waals surface area contributed by atoms with Gasteiger partial charge in [-0.15, -0.1) is 0 Å². The molecule has 0 aliphatic rings. The SMILES string of the molecule is Cc1nc2cccnc2s1.[B]C. The van der Waals surface area contributed by atoms with Crippen LogP contribution in [0.25, 0.3) is 10.3 Å². The number of hydrogen-bond donors (Lipinski definition) is 0. The number of aryl methyl sites for hydroxylation is 1. The zero-order chi connectivity index (χ0) is 8.97. The predicted molar refractivity (Wildman–Crippen MR) is 53.8 cm³/mol. The smallest absolute Gasteiger partial charge is 0.143 e. The van der Waals surface area contributed by atoms with Gasteiger partial charge in [-0.05, 0) is 19.1 Å². The summed E-state index contributed by atoms with van der Waals surface area (Å²) in [6.45, 7) is 3.49. The molecular weight excluding hydrogens is 167 g/mol. The zero-order valence-corrected chi connectivity index (χ0v) is 7.93. The summed E-state index contributed by atoms with van der Waals surface area (Å²) in [5.74, 6) is 0. The standard InChI is InChI=1S/C7H6N2S.CH3B/c1-5-9-6-3-2-4-8-7(6)10-5;1-2/h2-4H,1H3;1H3. The fourth-order valence-electron chi connectivity index (χ4n) is 0.878. The van der Waals surface area contributed by atoms with Gasteiger partial charge in [0, 0.05) is 6.20 Å². The molecule has 0 spiro atoms. The Bertz CT molecular complexity index is 326. The molecule has 2 nitrogen and oxygen atoms in total. The Morgan fingerprint density at radius 2 is 2.17 bits per heavy atom. The molecule has 0 saturated heterocycles. The lowest BCUT2D eigenvalue weighted by Gasteiger charge is -1.80. The van der Waals surface area contributed by atoms with Crippen molar-refractivity contribution in [1.29, 1.82) is 0 Å². The van der Waals surface area contributed by atoms with Crippen molar-refractivity contribution < 1.29 is 0 Å². The average molecular weight is 176 g/mol. The Kier molecular flexibility index (Phi) is 3.23. The van der Waals surface area contributed by atoms with E-state index in [-0.39, 0.29) is 0 Å². The van der Waals surface area contributed by atoms with Crippen LogP contribution in [0.5, 0.6) is 0 Å². The number of fused-ring (bicyclic) bond motifs is 1. The van der Waals surface area contributed by atoms with E-state index >= 15 is 0 Å². The molecular formula is C8H9BN2S. The monoisotopic (exact) mass is 176 g/mol. The van der Waals surface area contributed by atoms with Crippen LogP contribution in [0.2, 0.25) is 6.82 Å². The summed E-state index contributed by atoms with van der Waals surface area (Å²) >= 11 is 1.63. The van der Waals surface area contributed by atoms with Crippen molar-refractivity contribution in [3.63, 3.8) is 0 Å². The van der Waals surface area contributed by atoms with Crippen LogP contribution in [0.1, 0.15) is 5.01 Å². The second-order valence-electron chi connectivity index (χ2n) is 2.06. The molecule has 12 heavy (non-hydrogen) atoms. The quantitative estimate of drug-likeness (QED) is 0.575. The number of nitrogens with zero attached hydrogens (tertiary/aromatic N) is 2. The van der Waals surface area contributed by atoms with Gasteiger partial charge in [-0.25, -0.2) is 9.97 Å². The molecule has 60 valence electrons. The Morgan fingerprint density at radius 1 is 1.42 bits per heavy atom. The van der Waals surface area contributed by atoms with Crippen LogP contribution in [0, 0.1) is 6.92 Å². The first-order valence-corrected chi connectivity index (χ1v) is 4.44. The predicted octanol–water partition coefficient (Wildman–Crippen LogP) is 2.20. The largest absolute Gasteiger partial charge is 0.244 e. The Labute approximate surface area is 77.1 Å². The van der Waals surface area contributed by atoms with Gasteiger partial charge in [-0.2, -0.15) is 0 Å². The molecule has 2 radical (unpaired) electrons. The van der Waals surface area contributed by atoms with Crippen LogP contribution in [0.4, 0.5) is 0 Å². The number of rotatable bonds is 0. The molecule has 0 amide bonds. The Hall–Kier alpha value is -0.895. The highest BCUT2D eigenvalue weighted by Crippen LogP contribution is 2.17. The molecule has 0 bridgehead atoms. The van der Waals surface area contributed by atoms with Crippen molar-refractivity contribution >= 4 is 29.5 Å². The van der Waals surface area contributed by atoms with Gasteiger partial charge in [0.15, 0.2) is 0 Å². The van der Waals surface area contributed by atoms with Gasteiger partial charge < -0.3 is 0 Å². The molecule has 0 aliphatic carbocycles. The number of pyridine rings is 1. The van der Waals surface area contributed by atoms with E-state index < -0.39 is 0 Å². The summed E-state index contributed by atoms with van der Waals surface area (Å²) in [6, 6.07) is 3.88. The fraction of sp³-hybridized carbons (Fsp3) is 0.250. The summed E-state index contributed by atoms with van der Waals surface area (Å²) in [5, 5.41) is 1.08. The number of thiazole rings is 1. The molecule has 2 heterocycles. The third-order valence-electron chi connectivity index (χ3n) is 1.27. The van der Waals surface area contributed by atoms with Gasteiger partial charge in [0.05, 0.1) is 12.9 Å². The van der Waals surface area contributed by atoms with Gasteiger partial charge >= 0.3 is 0 Å². The molecule has 0 unspecified atom stereocenters. The average Bonchev–Trinajstić information content (AvgIpc) is 2.48. The maximum atomic E-state index is 4.50. The zero-order valence-electron chi connectivity index (χ0n) is 7.11. The molecule has 0 aromatic carbocycles. The molecule has 2 aromatic heterocycles. The molecule has 0 aliphatic heterocycles. The Balaban J connectivity index is 0.000000336. The van der Waals surface area contributed by atoms with E-state index in [0.29, 0.717) is 0 Å². The second kappa shape index (κ2) is 4.21. The van der Waals surface area contributed by atoms with Gasteiger partial charge in [0.2, 0.25) is 0 Å². The molecule has 2 aromatic rings. The second-order valence-corrected chi connectivity index (χ2v) is 3.24. The van der Waals surface area contributed by atoms with Gasteiger partial charge in [0.25, 0.3) is 0 Å². The number of aromatic nitrogens is 2. The fourth-order valence-corrected chi connectivity index (χ4v) is 1.63. The van der Waals surface area contributed by atoms with Crippen molar-refractivity contribution in [2.75, 3.05) is 0 Å². The van der Waals surface area contributed by atoms with Crippen molar-refractivity contribution in [3.8, 4) is 0 Å². The van der Waals surface area contributed by atoms with Crippen LogP contribution >= 0.6 is 11.3 Å². The molecule has 0 atom stereocenters. The maximum absolute atomic E-state index is 4.50. The van der Waals surface area contributed by atoms with E-state index in [1.165, 1.54) is 6.82 Å². The van der Waals surface area contributed by atoms with Crippen LogP contribution in [0.3, 0.4) is 0 Å². The minimum atomic E-state index is 1.00. The van der Waals surface area contributed by atoms with Gasteiger partial charge in [-0.3, -0.25) is 0 Å². The highest BCUT2D eigenvalue weighted by molar-refractivity contribution is 7.18. The topological polar surface area (TPSA) is 25.8 Å². The third kappa shape index (κ3) is 1.82. The van der Waals surface area contributed by atoms with E-state index in [1.807, 2.05) is 19.1 Å². The van der Waals surface area contributed by atoms with E-state index in [0.717, 1.165) is 15.4 Å². The summed E-state index contributed by atoms with van der Waals surface area (Å²) in [5.41, 5.74) is 1.00. The summed E-state index contributed by atoms with van der Waals surface area (Å²) < 4.78 is 0. The van der Waals surface area contributed by atoms with E-state index in [2.05, 4.69) is 17.8 Å². The lowest BCUT2D eigenvalue weighted by atomic mass is 10.2. The first kappa shape index (κ1) is 9.19. The van der Waals surface area contributed by atoms with Gasteiger partial charge in [-0.1, -0.05) is 18.2 Å². The third-order valence-corrected chi connectivity index (χ3v) is 2.17. The van der Waals surface area contributed by atoms with Crippen molar-refractivity contribution in [3.05, 3.63) is 23.3 Å². The van der Waals surface area contributed by atoms with Crippen LogP contribution < -0.4 is 0 Å². The van der Waals surface area contributed by atoms with Crippen molar-refractivity contribution in [2.24, 2.45) is 0 Å². The van der Waals surface area contributed by atoms with Crippen LogP contribution in [-0.2, 0) is 0 Å². The lowest BCUT2D eigenvalue weighted by Crippen LogP contribution is -1.69. The van der Waals surface area contributed by atoms with Crippen LogP contribution in [0.15, 0.2) is 18.3 Å². The Morgan fingerprint density at radius 3 is 2.83 bits per heavy atom. The van der Waals surface area contributed by atoms with Crippen molar-refractivity contribution in [1.82, 2.24) is 9.97 Å². The van der Waals surface area contributed by atoms with E-state index in [1.54, 1.807) is 17.5 Å². The minimum absolute atomic E-state index is 1.00. The minimum Gasteiger partial charge on any atom is -0.244 e.